The van der Waals surface area contributed by atoms with E-state index < -0.39 is 0 Å². The Labute approximate surface area is 848 Å². The van der Waals surface area contributed by atoms with Crippen LogP contribution < -0.4 is 4.90 Å². The number of pyridine rings is 2. The largest absolute Gasteiger partial charge is 0.311 e. The van der Waals surface area contributed by atoms with Crippen molar-refractivity contribution >= 4 is 179 Å². The van der Waals surface area contributed by atoms with Gasteiger partial charge in [-0.05, 0) is 244 Å². The number of rotatable bonds is 15. The smallest absolute Gasteiger partial charge is 0.164 e. The molecule has 0 spiro atoms. The third-order valence-corrected chi connectivity index (χ3v) is 30.0. The Hall–Kier alpha value is -20.1. The molecule has 32 rings (SSSR count). The second-order valence-corrected chi connectivity index (χ2v) is 38.3. The summed E-state index contributed by atoms with van der Waals surface area (Å²) in [5.41, 5.74) is 25.9. The van der Waals surface area contributed by atoms with Gasteiger partial charge >= 0.3 is 0 Å². The van der Waals surface area contributed by atoms with Gasteiger partial charge in [0, 0.05) is 140 Å². The van der Waals surface area contributed by atoms with Gasteiger partial charge < -0.3 is 18.6 Å². The maximum absolute atomic E-state index is 5.11. The molecule has 0 aliphatic rings. The van der Waals surface area contributed by atoms with Gasteiger partial charge in [-0.25, -0.2) is 29.9 Å². The van der Waals surface area contributed by atoms with Gasteiger partial charge in [-0.2, -0.15) is 0 Å². The van der Waals surface area contributed by atoms with Crippen LogP contribution in [0.1, 0.15) is 0 Å². The standard InChI is InChI=1S/C49H31N3.C46H27N5.C41H24N4/c1-3-13-37(14-4-1)51(38-15-5-2-6-16-38)39-25-22-32(23-26-39)35-12-9-17-40(29-35)52-44-27-24-34-21-20-33-11-10-18-41-42-30-36(43-19-7-8-28-50-43)31-45(52)48(42)49(44)47(34)46(33)41;1-3-11-30(12-4-1)44-48-45(31-13-5-2-6-14-31)50-46(49-44)32-16-9-17-34(25-32)51-38-23-22-29-21-20-28-15-10-18-35-36-26-33(37-19-7-8-24-47-37)27-39(51)42(36)43(38)41(29)40(28)35;1-4-11-27(12-5-1)39-42-40(28-13-6-2-7-14-28)44-41(43-39)29-23-32-31-18-10-15-25-19-20-26-21-22-33-38(36(26)35(25)31)37(32)34(24-29)45(33)30-16-8-3-9-17-30/h1-31H;1-27H;1-24H. The van der Waals surface area contributed by atoms with Gasteiger partial charge in [-0.3, -0.25) is 9.97 Å². The molecule has 0 N–H and O–H groups in total. The Kier molecular flexibility index (Phi) is 19.1. The van der Waals surface area contributed by atoms with Gasteiger partial charge in [0.25, 0.3) is 0 Å². The molecule has 0 atom stereocenters. The second-order valence-electron chi connectivity index (χ2n) is 38.3. The molecular weight excluding hydrogens is 1800 g/mol. The van der Waals surface area contributed by atoms with Gasteiger partial charge in [0.15, 0.2) is 34.9 Å². The highest BCUT2D eigenvalue weighted by atomic mass is 15.1. The van der Waals surface area contributed by atoms with Crippen molar-refractivity contribution in [2.24, 2.45) is 0 Å². The van der Waals surface area contributed by atoms with Crippen LogP contribution in [0.2, 0.25) is 0 Å². The Morgan fingerprint density at radius 1 is 0.149 bits per heavy atom. The van der Waals surface area contributed by atoms with Gasteiger partial charge in [-0.15, -0.1) is 0 Å². The lowest BCUT2D eigenvalue weighted by Gasteiger charge is -2.25. The van der Waals surface area contributed by atoms with Crippen LogP contribution >= 0.6 is 0 Å². The van der Waals surface area contributed by atoms with Gasteiger partial charge in [-0.1, -0.05) is 334 Å². The molecule has 32 aromatic rings. The van der Waals surface area contributed by atoms with Crippen LogP contribution in [0.5, 0.6) is 0 Å². The zero-order chi connectivity index (χ0) is 97.1. The number of benzene rings is 25. The van der Waals surface area contributed by atoms with Crippen LogP contribution in [0.3, 0.4) is 0 Å². The predicted octanol–water partition coefficient (Wildman–Crippen LogP) is 35.0. The van der Waals surface area contributed by atoms with E-state index in [1.165, 1.54) is 162 Å². The summed E-state index contributed by atoms with van der Waals surface area (Å²) in [5.74, 6) is 3.89. The number of hydrogen-bond acceptors (Lipinski definition) is 9. The number of fused-ring (bicyclic) bond motifs is 3. The van der Waals surface area contributed by atoms with Crippen molar-refractivity contribution in [2.45, 2.75) is 0 Å². The Balaban J connectivity index is 0.000000103. The molecule has 686 valence electrons. The van der Waals surface area contributed by atoms with Crippen LogP contribution in [0.15, 0.2) is 498 Å². The molecule has 7 heterocycles. The van der Waals surface area contributed by atoms with Crippen LogP contribution in [-0.2, 0) is 0 Å². The van der Waals surface area contributed by atoms with Crippen molar-refractivity contribution in [3.8, 4) is 119 Å². The normalized spacial score (nSPS) is 11.9. The van der Waals surface area contributed by atoms with Gasteiger partial charge in [0.1, 0.15) is 0 Å². The molecule has 0 saturated carbocycles. The summed E-state index contributed by atoms with van der Waals surface area (Å²) in [4.78, 5) is 42.0. The number of hydrogen-bond donors (Lipinski definition) is 0. The molecule has 12 heteroatoms. The third kappa shape index (κ3) is 13.5. The average molecular weight is 1880 g/mol. The Morgan fingerprint density at radius 2 is 0.432 bits per heavy atom. The number of para-hydroxylation sites is 3. The van der Waals surface area contributed by atoms with E-state index in [1.807, 2.05) is 122 Å². The predicted molar refractivity (Wildman–Crippen MR) is 613 cm³/mol. The zero-order valence-corrected chi connectivity index (χ0v) is 79.7. The maximum Gasteiger partial charge on any atom is 0.164 e. The summed E-state index contributed by atoms with van der Waals surface area (Å²) in [7, 11) is 0. The highest BCUT2D eigenvalue weighted by Gasteiger charge is 2.30. The summed E-state index contributed by atoms with van der Waals surface area (Å²) in [5, 5.41) is 30.8. The summed E-state index contributed by atoms with van der Waals surface area (Å²) in [6, 6.07) is 172. The van der Waals surface area contributed by atoms with Crippen molar-refractivity contribution in [2.75, 3.05) is 4.90 Å². The highest BCUT2D eigenvalue weighted by molar-refractivity contribution is 6.44. The van der Waals surface area contributed by atoms with Crippen molar-refractivity contribution in [3.63, 3.8) is 0 Å². The fourth-order valence-electron chi connectivity index (χ4n) is 23.6. The van der Waals surface area contributed by atoms with E-state index in [-0.39, 0.29) is 0 Å². The van der Waals surface area contributed by atoms with Crippen LogP contribution in [-0.4, -0.2) is 53.6 Å². The lowest BCUT2D eigenvalue weighted by atomic mass is 9.88. The molecule has 0 unspecified atom stereocenters. The van der Waals surface area contributed by atoms with Crippen LogP contribution in [0, 0.1) is 0 Å². The van der Waals surface area contributed by atoms with Crippen LogP contribution in [0.25, 0.3) is 281 Å². The molecule has 0 aliphatic heterocycles. The molecule has 0 fully saturated rings. The van der Waals surface area contributed by atoms with Crippen molar-refractivity contribution in [1.29, 1.82) is 0 Å². The summed E-state index contributed by atoms with van der Waals surface area (Å²) >= 11 is 0. The molecule has 12 nitrogen and oxygen atoms in total. The van der Waals surface area contributed by atoms with E-state index in [0.29, 0.717) is 34.9 Å². The number of aromatic nitrogens is 11. The maximum atomic E-state index is 5.11. The average Bonchev–Trinajstić information content (AvgIpc) is 1.59. The zero-order valence-electron chi connectivity index (χ0n) is 79.7. The first-order chi connectivity index (χ1) is 73.4. The summed E-state index contributed by atoms with van der Waals surface area (Å²) in [6.07, 6.45) is 3.75. The second kappa shape index (κ2) is 33.8. The lowest BCUT2D eigenvalue weighted by molar-refractivity contribution is 1.07. The topological polar surface area (TPSA) is 121 Å². The van der Waals surface area contributed by atoms with E-state index in [9.17, 15) is 0 Å². The third-order valence-electron chi connectivity index (χ3n) is 30.0. The molecule has 0 radical (unpaired) electrons. The molecule has 7 aromatic heterocycles. The first kappa shape index (κ1) is 83.7. The van der Waals surface area contributed by atoms with E-state index in [0.717, 1.165) is 101 Å². The molecule has 0 saturated heterocycles. The summed E-state index contributed by atoms with van der Waals surface area (Å²) < 4.78 is 7.28. The number of anilines is 3. The van der Waals surface area contributed by atoms with E-state index >= 15 is 0 Å². The van der Waals surface area contributed by atoms with E-state index in [1.54, 1.807) is 0 Å². The Morgan fingerprint density at radius 3 is 0.811 bits per heavy atom. The van der Waals surface area contributed by atoms with Gasteiger partial charge in [0.2, 0.25) is 0 Å². The van der Waals surface area contributed by atoms with E-state index in [4.69, 9.17) is 39.9 Å². The summed E-state index contributed by atoms with van der Waals surface area (Å²) in [6.45, 7) is 0. The number of nitrogens with zero attached hydrogens (tertiary/aromatic N) is 12. The SMILES string of the molecule is c1ccc(-c2nc(-c3ccccc3)nc(-c3cc4c5cccc6ccc7ccc8c(c7c65)c4c(c3)n8-c3ccccc3)n2)cc1.c1ccc(-c2nc(-c3ccccc3)nc(-c3cccc(-n4c5cc(-c6ccccn6)cc6c7cccc8ccc9ccc4c(c9c87)c65)c3)n2)cc1.c1ccc(N(c2ccccc2)c2ccc(-c3cccc(-n4c5cc(-c6ccccn6)cc6c7cccc8ccc9ccc4c(c9c87)c65)c3)cc2)cc1. The van der Waals surface area contributed by atoms with Crippen molar-refractivity contribution in [1.82, 2.24) is 53.6 Å². The first-order valence-electron chi connectivity index (χ1n) is 50.2. The van der Waals surface area contributed by atoms with Crippen LogP contribution in [0.4, 0.5) is 17.1 Å². The molecule has 148 heavy (non-hydrogen) atoms. The molecular formula is C136H82N12. The fourth-order valence-corrected chi connectivity index (χ4v) is 23.6. The molecule has 0 aliphatic carbocycles. The molecule has 0 bridgehead atoms. The Bertz CT molecular complexity index is 10600. The van der Waals surface area contributed by atoms with Crippen molar-refractivity contribution in [3.05, 3.63) is 498 Å². The molecule has 0 amide bonds. The fraction of sp³-hybridized carbons (Fsp3) is 0. The minimum absolute atomic E-state index is 0.629. The van der Waals surface area contributed by atoms with Crippen molar-refractivity contribution < 1.29 is 0 Å². The quantitative estimate of drug-likeness (QED) is 0.0729. The molecule has 25 aromatic carbocycles. The first-order valence-corrected chi connectivity index (χ1v) is 50.2. The van der Waals surface area contributed by atoms with E-state index in [2.05, 4.69) is 395 Å². The highest BCUT2D eigenvalue weighted by Crippen LogP contribution is 2.54. The monoisotopic (exact) mass is 1880 g/mol. The lowest BCUT2D eigenvalue weighted by Crippen LogP contribution is -2.09. The minimum atomic E-state index is 0.629. The minimum Gasteiger partial charge on any atom is -0.311 e. The van der Waals surface area contributed by atoms with Gasteiger partial charge in [0.05, 0.1) is 44.5 Å².